The van der Waals surface area contributed by atoms with Gasteiger partial charge in [0, 0.05) is 12.3 Å². The van der Waals surface area contributed by atoms with Crippen molar-refractivity contribution in [1.82, 2.24) is 5.32 Å². The number of thioether (sulfide) groups is 1. The second-order valence-electron chi connectivity index (χ2n) is 6.26. The van der Waals surface area contributed by atoms with E-state index in [0.717, 1.165) is 16.1 Å². The molecule has 6 nitrogen and oxygen atoms in total. The number of nitrogens with one attached hydrogen (secondary N) is 1. The number of halogens is 1. The maximum absolute atomic E-state index is 14.4. The first-order chi connectivity index (χ1) is 14.5. The maximum Gasteiger partial charge on any atom is 0.264 e. The Balaban J connectivity index is 1.67. The molecule has 0 aliphatic rings. The minimum Gasteiger partial charge on any atom is -0.468 e. The number of rotatable bonds is 10. The molecule has 30 heavy (non-hydrogen) atoms. The van der Waals surface area contributed by atoms with E-state index in [0.29, 0.717) is 18.1 Å². The fraction of sp³-hybridized carbons (Fsp3) is 0.190. The van der Waals surface area contributed by atoms with Crippen LogP contribution in [0, 0.1) is 5.82 Å². The van der Waals surface area contributed by atoms with Gasteiger partial charge in [0.05, 0.1) is 22.6 Å². The molecular formula is C21H21FN2O4S2. The topological polar surface area (TPSA) is 79.6 Å². The molecule has 0 radical (unpaired) electrons. The van der Waals surface area contributed by atoms with E-state index >= 15 is 0 Å². The van der Waals surface area contributed by atoms with E-state index in [1.54, 1.807) is 36.2 Å². The predicted molar refractivity (Wildman–Crippen MR) is 115 cm³/mol. The molecule has 0 bridgehead atoms. The quantitative estimate of drug-likeness (QED) is 0.479. The Morgan fingerprint density at radius 2 is 1.77 bits per heavy atom. The number of carbonyl (C=O) groups is 1. The van der Waals surface area contributed by atoms with Gasteiger partial charge in [-0.15, -0.1) is 0 Å². The van der Waals surface area contributed by atoms with Gasteiger partial charge in [-0.1, -0.05) is 30.3 Å². The number of hydrogen-bond donors (Lipinski definition) is 1. The zero-order valence-electron chi connectivity index (χ0n) is 16.0. The average Bonchev–Trinajstić information content (AvgIpc) is 3.26. The van der Waals surface area contributed by atoms with Gasteiger partial charge in [-0.3, -0.25) is 9.10 Å². The zero-order chi connectivity index (χ0) is 21.4. The fourth-order valence-electron chi connectivity index (χ4n) is 2.69. The lowest BCUT2D eigenvalue weighted by Gasteiger charge is -2.24. The van der Waals surface area contributed by atoms with Crippen molar-refractivity contribution >= 4 is 33.4 Å². The van der Waals surface area contributed by atoms with Gasteiger partial charge in [0.25, 0.3) is 10.0 Å². The van der Waals surface area contributed by atoms with E-state index in [4.69, 9.17) is 4.42 Å². The first kappa shape index (κ1) is 21.9. The van der Waals surface area contributed by atoms with Crippen LogP contribution in [0.1, 0.15) is 5.76 Å². The van der Waals surface area contributed by atoms with Crippen LogP contribution in [0.25, 0.3) is 0 Å². The molecule has 2 aromatic carbocycles. The number of nitrogens with zero attached hydrogens (tertiary/aromatic N) is 1. The molecule has 0 aliphatic heterocycles. The van der Waals surface area contributed by atoms with E-state index in [1.807, 2.05) is 12.1 Å². The lowest BCUT2D eigenvalue weighted by atomic mass is 10.3. The van der Waals surface area contributed by atoms with Crippen molar-refractivity contribution in [3.05, 3.63) is 84.6 Å². The van der Waals surface area contributed by atoms with Gasteiger partial charge in [-0.25, -0.2) is 12.8 Å². The molecule has 0 saturated heterocycles. The summed E-state index contributed by atoms with van der Waals surface area (Å²) in [6, 6.07) is 16.8. The molecule has 1 aromatic heterocycles. The Morgan fingerprint density at radius 3 is 2.47 bits per heavy atom. The van der Waals surface area contributed by atoms with Crippen LogP contribution in [0.15, 0.2) is 82.3 Å². The van der Waals surface area contributed by atoms with E-state index in [2.05, 4.69) is 5.32 Å². The van der Waals surface area contributed by atoms with Crippen LogP contribution in [-0.4, -0.2) is 33.2 Å². The van der Waals surface area contributed by atoms with E-state index < -0.39 is 28.3 Å². The van der Waals surface area contributed by atoms with Gasteiger partial charge in [0.1, 0.15) is 18.1 Å². The first-order valence-electron chi connectivity index (χ1n) is 9.17. The number of amides is 1. The molecule has 0 saturated carbocycles. The van der Waals surface area contributed by atoms with Crippen LogP contribution in [0.4, 0.5) is 10.1 Å². The summed E-state index contributed by atoms with van der Waals surface area (Å²) in [5.74, 6) is 0.894. The molecular weight excluding hydrogens is 427 g/mol. The molecule has 1 N–H and O–H groups in total. The van der Waals surface area contributed by atoms with Crippen LogP contribution in [-0.2, 0) is 20.6 Å². The first-order valence-corrected chi connectivity index (χ1v) is 11.8. The maximum atomic E-state index is 14.4. The van der Waals surface area contributed by atoms with Crippen molar-refractivity contribution in [2.75, 3.05) is 23.1 Å². The van der Waals surface area contributed by atoms with Crippen molar-refractivity contribution in [2.24, 2.45) is 0 Å². The Kier molecular flexibility index (Phi) is 7.53. The van der Waals surface area contributed by atoms with Crippen LogP contribution >= 0.6 is 11.8 Å². The summed E-state index contributed by atoms with van der Waals surface area (Å²) in [6.45, 7) is -0.179. The summed E-state index contributed by atoms with van der Waals surface area (Å²) in [4.78, 5) is 12.4. The SMILES string of the molecule is O=C(CN(c1ccccc1F)S(=O)(=O)c1ccccc1)NCCSCc1ccco1. The van der Waals surface area contributed by atoms with Crippen molar-refractivity contribution in [2.45, 2.75) is 10.6 Å². The summed E-state index contributed by atoms with van der Waals surface area (Å²) in [6.07, 6.45) is 1.60. The second-order valence-corrected chi connectivity index (χ2v) is 9.23. The fourth-order valence-corrected chi connectivity index (χ4v) is 4.90. The average molecular weight is 449 g/mol. The van der Waals surface area contributed by atoms with Crippen LogP contribution in [0.2, 0.25) is 0 Å². The number of hydrogen-bond acceptors (Lipinski definition) is 5. The molecule has 0 aliphatic carbocycles. The number of sulfonamides is 1. The van der Waals surface area contributed by atoms with E-state index in [1.165, 1.54) is 30.3 Å². The molecule has 1 amide bonds. The van der Waals surface area contributed by atoms with Crippen molar-refractivity contribution in [3.8, 4) is 0 Å². The molecule has 158 valence electrons. The lowest BCUT2D eigenvalue weighted by molar-refractivity contribution is -0.119. The number of anilines is 1. The van der Waals surface area contributed by atoms with Gasteiger partial charge in [-0.2, -0.15) is 11.8 Å². The minimum atomic E-state index is -4.12. The molecule has 3 rings (SSSR count). The standard InChI is InChI=1S/C21H21FN2O4S2/c22-19-10-4-5-11-20(19)24(30(26,27)18-8-2-1-3-9-18)15-21(25)23-12-14-29-16-17-7-6-13-28-17/h1-11,13H,12,14-16H2,(H,23,25). The predicted octanol–water partition coefficient (Wildman–Crippen LogP) is 3.66. The summed E-state index contributed by atoms with van der Waals surface area (Å²) in [5, 5.41) is 2.69. The third-order valence-electron chi connectivity index (χ3n) is 4.13. The minimum absolute atomic E-state index is 0.0185. The Morgan fingerprint density at radius 1 is 1.03 bits per heavy atom. The van der Waals surface area contributed by atoms with E-state index in [9.17, 15) is 17.6 Å². The van der Waals surface area contributed by atoms with Crippen LogP contribution < -0.4 is 9.62 Å². The van der Waals surface area contributed by atoms with Crippen LogP contribution in [0.5, 0.6) is 0 Å². The van der Waals surface area contributed by atoms with Crippen molar-refractivity contribution in [3.63, 3.8) is 0 Å². The number of para-hydroxylation sites is 1. The van der Waals surface area contributed by atoms with Gasteiger partial charge in [0.15, 0.2) is 0 Å². The highest BCUT2D eigenvalue weighted by Crippen LogP contribution is 2.25. The van der Waals surface area contributed by atoms with Gasteiger partial charge in [-0.05, 0) is 36.4 Å². The highest BCUT2D eigenvalue weighted by Gasteiger charge is 2.28. The number of carbonyl (C=O) groups excluding carboxylic acids is 1. The monoisotopic (exact) mass is 448 g/mol. The second kappa shape index (κ2) is 10.3. The van der Waals surface area contributed by atoms with E-state index in [-0.39, 0.29) is 10.6 Å². The third-order valence-corrected chi connectivity index (χ3v) is 6.89. The van der Waals surface area contributed by atoms with Gasteiger partial charge in [0.2, 0.25) is 5.91 Å². The summed E-state index contributed by atoms with van der Waals surface area (Å²) < 4.78 is 46.6. The van der Waals surface area contributed by atoms with Crippen LogP contribution in [0.3, 0.4) is 0 Å². The summed E-state index contributed by atoms with van der Waals surface area (Å²) in [7, 11) is -4.12. The van der Waals surface area contributed by atoms with Gasteiger partial charge >= 0.3 is 0 Å². The zero-order valence-corrected chi connectivity index (χ0v) is 17.7. The Bertz CT molecular complexity index is 1060. The van der Waals surface area contributed by atoms with Gasteiger partial charge < -0.3 is 9.73 Å². The summed E-state index contributed by atoms with van der Waals surface area (Å²) >= 11 is 1.57. The highest BCUT2D eigenvalue weighted by molar-refractivity contribution is 7.98. The third kappa shape index (κ3) is 5.64. The Labute approximate surface area is 179 Å². The molecule has 1 heterocycles. The highest BCUT2D eigenvalue weighted by atomic mass is 32.2. The van der Waals surface area contributed by atoms with Crippen molar-refractivity contribution < 1.29 is 22.0 Å². The van der Waals surface area contributed by atoms with Crippen molar-refractivity contribution in [1.29, 1.82) is 0 Å². The Hall–Kier alpha value is -2.78. The molecule has 3 aromatic rings. The molecule has 0 atom stereocenters. The number of benzene rings is 2. The molecule has 0 spiro atoms. The smallest absolute Gasteiger partial charge is 0.264 e. The molecule has 0 unspecified atom stereocenters. The molecule has 0 fully saturated rings. The largest absolute Gasteiger partial charge is 0.468 e. The normalized spacial score (nSPS) is 11.2. The summed E-state index contributed by atoms with van der Waals surface area (Å²) in [5.41, 5.74) is -0.177. The number of furan rings is 1. The molecule has 9 heteroatoms. The lowest BCUT2D eigenvalue weighted by Crippen LogP contribution is -2.41.